The van der Waals surface area contributed by atoms with E-state index in [1.807, 2.05) is 26.8 Å². The van der Waals surface area contributed by atoms with Crippen LogP contribution in [0.5, 0.6) is 0 Å². The van der Waals surface area contributed by atoms with Crippen molar-refractivity contribution in [3.8, 4) is 0 Å². The van der Waals surface area contributed by atoms with Crippen molar-refractivity contribution in [1.29, 1.82) is 0 Å². The van der Waals surface area contributed by atoms with E-state index in [1.165, 1.54) is 32.1 Å². The SMILES string of the molecule is C=CNC(CNC(C/C(=C/C)N=CC)C(=O)NC(CCC(O)CC)CC1CCCCC1)=NC. The van der Waals surface area contributed by atoms with E-state index in [0.29, 0.717) is 31.1 Å². The first-order chi connectivity index (χ1) is 16.0. The van der Waals surface area contributed by atoms with Crippen molar-refractivity contribution >= 4 is 18.0 Å². The monoisotopic (exact) mass is 461 g/mol. The first kappa shape index (κ1) is 29.0. The average Bonchev–Trinajstić information content (AvgIpc) is 2.83. The lowest BCUT2D eigenvalue weighted by Crippen LogP contribution is -2.50. The highest BCUT2D eigenvalue weighted by atomic mass is 16.3. The Labute approximate surface area is 201 Å². The fourth-order valence-corrected chi connectivity index (χ4v) is 4.38. The lowest BCUT2D eigenvalue weighted by atomic mass is 9.83. The maximum absolute atomic E-state index is 13.4. The second-order valence-electron chi connectivity index (χ2n) is 8.91. The molecule has 3 atom stereocenters. The van der Waals surface area contributed by atoms with Gasteiger partial charge in [-0.15, -0.1) is 0 Å². The van der Waals surface area contributed by atoms with Crippen LogP contribution in [0.25, 0.3) is 0 Å². The molecule has 1 amide bonds. The minimum absolute atomic E-state index is 0.0264. The Morgan fingerprint density at radius 2 is 1.94 bits per heavy atom. The van der Waals surface area contributed by atoms with E-state index in [0.717, 1.165) is 25.0 Å². The number of rotatable bonds is 15. The molecule has 0 radical (unpaired) electrons. The molecule has 7 nitrogen and oxygen atoms in total. The van der Waals surface area contributed by atoms with E-state index >= 15 is 0 Å². The van der Waals surface area contributed by atoms with Gasteiger partial charge in [0.05, 0.1) is 18.7 Å². The molecule has 1 aliphatic rings. The highest BCUT2D eigenvalue weighted by molar-refractivity contribution is 5.87. The standard InChI is InChI=1S/C26H47N5O2/c1-6-21(28-8-3)18-24(30-19-25(27-5)29-9-4)26(33)31-22(15-16-23(32)7-2)17-20-13-11-10-12-14-20/h6,8-9,20,22-24,30,32H,4,7,10-19H2,1-3,5H3,(H,27,29)(H,31,33)/b21-6-,28-8?. The number of aliphatic hydroxyl groups is 1. The van der Waals surface area contributed by atoms with Crippen LogP contribution >= 0.6 is 0 Å². The summed E-state index contributed by atoms with van der Waals surface area (Å²) in [6.45, 7) is 9.92. The van der Waals surface area contributed by atoms with Crippen LogP contribution in [0.4, 0.5) is 0 Å². The van der Waals surface area contributed by atoms with Crippen LogP contribution < -0.4 is 16.0 Å². The molecule has 1 saturated carbocycles. The van der Waals surface area contributed by atoms with Crippen LogP contribution in [-0.4, -0.2) is 54.8 Å². The zero-order chi connectivity index (χ0) is 24.5. The van der Waals surface area contributed by atoms with Crippen LogP contribution in [0, 0.1) is 5.92 Å². The molecule has 0 spiro atoms. The van der Waals surface area contributed by atoms with Gasteiger partial charge in [0.15, 0.2) is 0 Å². The third-order valence-corrected chi connectivity index (χ3v) is 6.42. The van der Waals surface area contributed by atoms with Crippen LogP contribution in [0.15, 0.2) is 34.5 Å². The summed E-state index contributed by atoms with van der Waals surface area (Å²) in [6.07, 6.45) is 15.0. The van der Waals surface area contributed by atoms with Gasteiger partial charge in [0.25, 0.3) is 0 Å². The maximum atomic E-state index is 13.4. The van der Waals surface area contributed by atoms with Gasteiger partial charge < -0.3 is 15.7 Å². The lowest BCUT2D eigenvalue weighted by molar-refractivity contribution is -0.124. The summed E-state index contributed by atoms with van der Waals surface area (Å²) in [6, 6.07) is -0.367. The summed E-state index contributed by atoms with van der Waals surface area (Å²) in [4.78, 5) is 22.1. The van der Waals surface area contributed by atoms with E-state index in [2.05, 4.69) is 32.5 Å². The molecule has 4 N–H and O–H groups in total. The van der Waals surface area contributed by atoms with E-state index in [4.69, 9.17) is 0 Å². The number of amidine groups is 1. The first-order valence-electron chi connectivity index (χ1n) is 12.7. The van der Waals surface area contributed by atoms with Gasteiger partial charge in [0.2, 0.25) is 5.91 Å². The molecule has 0 aliphatic heterocycles. The summed E-state index contributed by atoms with van der Waals surface area (Å²) in [5, 5.41) is 19.8. The second-order valence-corrected chi connectivity index (χ2v) is 8.91. The van der Waals surface area contributed by atoms with Gasteiger partial charge in [0, 0.05) is 31.4 Å². The number of hydrogen-bond acceptors (Lipinski definition) is 5. The van der Waals surface area contributed by atoms with Crippen LogP contribution in [0.3, 0.4) is 0 Å². The van der Waals surface area contributed by atoms with Crippen molar-refractivity contribution in [2.24, 2.45) is 15.9 Å². The number of aliphatic hydroxyl groups excluding tert-OH is 1. The molecule has 1 rings (SSSR count). The first-order valence-corrected chi connectivity index (χ1v) is 12.7. The predicted molar refractivity (Wildman–Crippen MR) is 140 cm³/mol. The van der Waals surface area contributed by atoms with Crippen molar-refractivity contribution in [1.82, 2.24) is 16.0 Å². The zero-order valence-corrected chi connectivity index (χ0v) is 21.3. The van der Waals surface area contributed by atoms with Crippen LogP contribution in [-0.2, 0) is 4.79 Å². The fraction of sp³-hybridized carbons (Fsp3) is 0.731. The highest BCUT2D eigenvalue weighted by Gasteiger charge is 2.25. The molecule has 0 saturated heterocycles. The Kier molecular flexibility index (Phi) is 15.4. The number of allylic oxidation sites excluding steroid dienone is 1. The third kappa shape index (κ3) is 12.2. The molecule has 0 bridgehead atoms. The van der Waals surface area contributed by atoms with Gasteiger partial charge in [0.1, 0.15) is 5.84 Å². The number of amides is 1. The molecular weight excluding hydrogens is 414 g/mol. The Bertz CT molecular complexity index is 653. The summed E-state index contributed by atoms with van der Waals surface area (Å²) >= 11 is 0. The number of carbonyl (C=O) groups is 1. The Morgan fingerprint density at radius 3 is 2.52 bits per heavy atom. The van der Waals surface area contributed by atoms with E-state index < -0.39 is 6.04 Å². The van der Waals surface area contributed by atoms with Gasteiger partial charge in [-0.2, -0.15) is 0 Å². The molecule has 0 aromatic carbocycles. The molecule has 0 aromatic heterocycles. The number of nitrogens with zero attached hydrogens (tertiary/aromatic N) is 2. The number of hydrogen-bond donors (Lipinski definition) is 4. The largest absolute Gasteiger partial charge is 0.393 e. The Balaban J connectivity index is 2.92. The summed E-state index contributed by atoms with van der Waals surface area (Å²) in [5.74, 6) is 1.34. The minimum atomic E-state index is -0.437. The van der Waals surface area contributed by atoms with E-state index in [9.17, 15) is 9.90 Å². The smallest absolute Gasteiger partial charge is 0.237 e. The normalized spacial score (nSPS) is 18.7. The number of nitrogens with one attached hydrogen (secondary N) is 3. The molecule has 0 heterocycles. The molecule has 1 aliphatic carbocycles. The molecule has 1 fully saturated rings. The predicted octanol–water partition coefficient (Wildman–Crippen LogP) is 4.10. The Morgan fingerprint density at radius 1 is 1.21 bits per heavy atom. The summed E-state index contributed by atoms with van der Waals surface area (Å²) in [5.41, 5.74) is 0.863. The minimum Gasteiger partial charge on any atom is -0.393 e. The number of carbonyl (C=O) groups excluding carboxylic acids is 1. The molecule has 3 unspecified atom stereocenters. The molecule has 7 heteroatoms. The van der Waals surface area contributed by atoms with Gasteiger partial charge in [-0.05, 0) is 51.6 Å². The quantitative estimate of drug-likeness (QED) is 0.218. The van der Waals surface area contributed by atoms with Crippen LogP contribution in [0.1, 0.15) is 85.0 Å². The lowest BCUT2D eigenvalue weighted by Gasteiger charge is -2.29. The van der Waals surface area contributed by atoms with E-state index in [-0.39, 0.29) is 18.1 Å². The Hall–Kier alpha value is -1.99. The van der Waals surface area contributed by atoms with Crippen molar-refractivity contribution < 1.29 is 9.90 Å². The maximum Gasteiger partial charge on any atom is 0.237 e. The summed E-state index contributed by atoms with van der Waals surface area (Å²) < 4.78 is 0. The molecule has 0 aromatic rings. The van der Waals surface area contributed by atoms with Crippen molar-refractivity contribution in [3.63, 3.8) is 0 Å². The number of aliphatic imine (C=N–C) groups is 2. The van der Waals surface area contributed by atoms with Gasteiger partial charge >= 0.3 is 0 Å². The second kappa shape index (κ2) is 17.5. The van der Waals surface area contributed by atoms with Gasteiger partial charge in [-0.25, -0.2) is 0 Å². The fourth-order valence-electron chi connectivity index (χ4n) is 4.38. The van der Waals surface area contributed by atoms with Crippen molar-refractivity contribution in [3.05, 3.63) is 24.6 Å². The highest BCUT2D eigenvalue weighted by Crippen LogP contribution is 2.28. The topological polar surface area (TPSA) is 98.1 Å². The van der Waals surface area contributed by atoms with E-state index in [1.54, 1.807) is 19.5 Å². The van der Waals surface area contributed by atoms with Gasteiger partial charge in [-0.1, -0.05) is 51.7 Å². The van der Waals surface area contributed by atoms with Crippen LogP contribution in [0.2, 0.25) is 0 Å². The van der Waals surface area contributed by atoms with Gasteiger partial charge in [-0.3, -0.25) is 20.1 Å². The molecule has 188 valence electrons. The zero-order valence-electron chi connectivity index (χ0n) is 21.3. The molecular formula is C26H47N5O2. The third-order valence-electron chi connectivity index (χ3n) is 6.42. The molecule has 33 heavy (non-hydrogen) atoms. The summed E-state index contributed by atoms with van der Waals surface area (Å²) in [7, 11) is 1.71. The van der Waals surface area contributed by atoms with Crippen molar-refractivity contribution in [2.75, 3.05) is 13.6 Å². The van der Waals surface area contributed by atoms with Crippen molar-refractivity contribution in [2.45, 2.75) is 103 Å². The average molecular weight is 462 g/mol.